The van der Waals surface area contributed by atoms with Gasteiger partial charge in [0.25, 0.3) is 0 Å². The Labute approximate surface area is 119 Å². The Kier molecular flexibility index (Phi) is 6.22. The smallest absolute Gasteiger partial charge is 0.326 e. The van der Waals surface area contributed by atoms with E-state index in [1.165, 1.54) is 16.9 Å². The normalized spacial score (nSPS) is 24.3. The van der Waals surface area contributed by atoms with Gasteiger partial charge in [-0.2, -0.15) is 0 Å². The number of rotatable bonds is 5. The molecule has 2 amide bonds. The van der Waals surface area contributed by atoms with Crippen molar-refractivity contribution in [3.63, 3.8) is 0 Å². The quantitative estimate of drug-likeness (QED) is 0.756. The Morgan fingerprint density at radius 3 is 2.70 bits per heavy atom. The topological polar surface area (TPSA) is 90.3 Å². The van der Waals surface area contributed by atoms with E-state index in [1.54, 1.807) is 7.05 Å². The summed E-state index contributed by atoms with van der Waals surface area (Å²) in [6, 6.07) is -1.16. The Balaban J connectivity index is 2.70. The number of carbonyl (C=O) groups excluding carboxylic acids is 1. The van der Waals surface area contributed by atoms with Crippen LogP contribution in [0.1, 0.15) is 19.8 Å². The molecule has 0 aromatic heterocycles. The van der Waals surface area contributed by atoms with Gasteiger partial charge in [-0.25, -0.2) is 9.59 Å². The van der Waals surface area contributed by atoms with E-state index in [2.05, 4.69) is 0 Å². The minimum atomic E-state index is -0.976. The van der Waals surface area contributed by atoms with Crippen molar-refractivity contribution in [2.75, 3.05) is 33.9 Å². The summed E-state index contributed by atoms with van der Waals surface area (Å²) in [6.45, 7) is 2.53. The maximum Gasteiger partial charge on any atom is 0.326 e. The highest BCUT2D eigenvalue weighted by molar-refractivity contribution is 5.83. The number of carboxylic acids is 1. The van der Waals surface area contributed by atoms with Gasteiger partial charge >= 0.3 is 12.0 Å². The first-order valence-corrected chi connectivity index (χ1v) is 6.80. The number of carbonyl (C=O) groups is 2. The summed E-state index contributed by atoms with van der Waals surface area (Å²) in [5.74, 6) is -1.04. The molecule has 1 rings (SSSR count). The second-order valence-corrected chi connectivity index (χ2v) is 5.37. The molecule has 7 nitrogen and oxygen atoms in total. The third-order valence-corrected chi connectivity index (χ3v) is 3.60. The van der Waals surface area contributed by atoms with E-state index in [1.807, 2.05) is 6.92 Å². The number of methoxy groups -OCH3 is 1. The van der Waals surface area contributed by atoms with Crippen LogP contribution in [-0.2, 0) is 9.53 Å². The Hall–Kier alpha value is -1.34. The monoisotopic (exact) mass is 288 g/mol. The summed E-state index contributed by atoms with van der Waals surface area (Å²) in [7, 11) is 3.03. The van der Waals surface area contributed by atoms with E-state index in [9.17, 15) is 19.8 Å². The molecule has 1 heterocycles. The number of amides is 2. The summed E-state index contributed by atoms with van der Waals surface area (Å²) in [5, 5.41) is 18.9. The zero-order valence-corrected chi connectivity index (χ0v) is 12.3. The molecule has 20 heavy (non-hydrogen) atoms. The third kappa shape index (κ3) is 4.08. The number of likely N-dealkylation sites (N-methyl/N-ethyl adjacent to an activating group) is 1. The van der Waals surface area contributed by atoms with Crippen molar-refractivity contribution in [3.8, 4) is 0 Å². The van der Waals surface area contributed by atoms with E-state index < -0.39 is 18.1 Å². The van der Waals surface area contributed by atoms with E-state index in [0.29, 0.717) is 6.54 Å². The van der Waals surface area contributed by atoms with Gasteiger partial charge in [0.15, 0.2) is 0 Å². The number of aliphatic hydroxyl groups excluding tert-OH is 1. The maximum absolute atomic E-state index is 12.3. The number of carboxylic acid groups (broad SMARTS) is 1. The number of nitrogens with zero attached hydrogens (tertiary/aromatic N) is 2. The lowest BCUT2D eigenvalue weighted by molar-refractivity contribution is -0.145. The number of urea groups is 1. The standard InChI is InChI=1S/C13H24N2O5/c1-9-5-4-6-15(11(9)12(17)18)13(19)14(2)7-10(16)8-20-3/h9-11,16H,4-8H2,1-3H3,(H,17,18). The summed E-state index contributed by atoms with van der Waals surface area (Å²) in [5.41, 5.74) is 0. The van der Waals surface area contributed by atoms with Crippen LogP contribution in [0.15, 0.2) is 0 Å². The average molecular weight is 288 g/mol. The minimum Gasteiger partial charge on any atom is -0.480 e. The first kappa shape index (κ1) is 16.7. The third-order valence-electron chi connectivity index (χ3n) is 3.60. The zero-order chi connectivity index (χ0) is 15.3. The maximum atomic E-state index is 12.3. The van der Waals surface area contributed by atoms with Crippen molar-refractivity contribution in [1.29, 1.82) is 0 Å². The molecule has 7 heteroatoms. The van der Waals surface area contributed by atoms with Gasteiger partial charge in [-0.3, -0.25) is 0 Å². The summed E-state index contributed by atoms with van der Waals surface area (Å²) >= 11 is 0. The van der Waals surface area contributed by atoms with Gasteiger partial charge in [-0.1, -0.05) is 6.92 Å². The van der Waals surface area contributed by atoms with Crippen molar-refractivity contribution in [1.82, 2.24) is 9.80 Å². The Morgan fingerprint density at radius 1 is 1.50 bits per heavy atom. The SMILES string of the molecule is COCC(O)CN(C)C(=O)N1CCCC(C)C1C(=O)O. The Bertz CT molecular complexity index is 350. The van der Waals surface area contributed by atoms with E-state index in [0.717, 1.165) is 12.8 Å². The van der Waals surface area contributed by atoms with Gasteiger partial charge in [0, 0.05) is 20.7 Å². The summed E-state index contributed by atoms with van der Waals surface area (Å²) in [6.07, 6.45) is 0.821. The highest BCUT2D eigenvalue weighted by atomic mass is 16.5. The molecule has 116 valence electrons. The molecule has 2 N–H and O–H groups in total. The number of aliphatic carboxylic acids is 1. The van der Waals surface area contributed by atoms with Crippen molar-refractivity contribution in [3.05, 3.63) is 0 Å². The molecule has 0 aromatic carbocycles. The number of ether oxygens (including phenoxy) is 1. The van der Waals surface area contributed by atoms with Gasteiger partial charge in [0.2, 0.25) is 0 Å². The van der Waals surface area contributed by atoms with Crippen LogP contribution < -0.4 is 0 Å². The fourth-order valence-electron chi connectivity index (χ4n) is 2.64. The van der Waals surface area contributed by atoms with Crippen molar-refractivity contribution in [2.45, 2.75) is 31.9 Å². The molecule has 1 saturated heterocycles. The van der Waals surface area contributed by atoms with Gasteiger partial charge in [0.1, 0.15) is 6.04 Å². The second-order valence-electron chi connectivity index (χ2n) is 5.37. The van der Waals surface area contributed by atoms with Crippen LogP contribution in [0.3, 0.4) is 0 Å². The Morgan fingerprint density at radius 2 is 2.15 bits per heavy atom. The molecule has 0 bridgehead atoms. The van der Waals surface area contributed by atoms with E-state index >= 15 is 0 Å². The van der Waals surface area contributed by atoms with Crippen LogP contribution in [0.5, 0.6) is 0 Å². The molecule has 0 aromatic rings. The van der Waals surface area contributed by atoms with Crippen molar-refractivity contribution in [2.24, 2.45) is 5.92 Å². The lowest BCUT2D eigenvalue weighted by atomic mass is 9.91. The zero-order valence-electron chi connectivity index (χ0n) is 12.3. The number of piperidine rings is 1. The number of aliphatic hydroxyl groups is 1. The van der Waals surface area contributed by atoms with Crippen LogP contribution in [0, 0.1) is 5.92 Å². The summed E-state index contributed by atoms with van der Waals surface area (Å²) < 4.78 is 4.81. The lowest BCUT2D eigenvalue weighted by Crippen LogP contribution is -2.56. The second kappa shape index (κ2) is 7.44. The highest BCUT2D eigenvalue weighted by Crippen LogP contribution is 2.24. The first-order chi connectivity index (χ1) is 9.38. The molecular weight excluding hydrogens is 264 g/mol. The molecule has 0 radical (unpaired) electrons. The summed E-state index contributed by atoms with van der Waals surface area (Å²) in [4.78, 5) is 26.4. The number of hydrogen-bond donors (Lipinski definition) is 2. The average Bonchev–Trinajstić information content (AvgIpc) is 2.37. The van der Waals surface area contributed by atoms with Gasteiger partial charge in [-0.05, 0) is 18.8 Å². The molecule has 0 aliphatic carbocycles. The fourth-order valence-corrected chi connectivity index (χ4v) is 2.64. The molecule has 3 atom stereocenters. The van der Waals surface area contributed by atoms with E-state index in [4.69, 9.17) is 4.74 Å². The van der Waals surface area contributed by atoms with Gasteiger partial charge in [0.05, 0.1) is 19.3 Å². The van der Waals surface area contributed by atoms with Crippen molar-refractivity contribution < 1.29 is 24.5 Å². The van der Waals surface area contributed by atoms with Gasteiger partial charge < -0.3 is 24.7 Å². The van der Waals surface area contributed by atoms with Crippen LogP contribution in [-0.4, -0.2) is 78.0 Å². The molecular formula is C13H24N2O5. The van der Waals surface area contributed by atoms with Crippen LogP contribution in [0.25, 0.3) is 0 Å². The molecule has 1 aliphatic rings. The molecule has 1 fully saturated rings. The fraction of sp³-hybridized carbons (Fsp3) is 0.846. The van der Waals surface area contributed by atoms with Crippen LogP contribution in [0.2, 0.25) is 0 Å². The molecule has 0 spiro atoms. The van der Waals surface area contributed by atoms with Crippen molar-refractivity contribution >= 4 is 12.0 Å². The minimum absolute atomic E-state index is 0.0671. The lowest BCUT2D eigenvalue weighted by Gasteiger charge is -2.39. The first-order valence-electron chi connectivity index (χ1n) is 6.80. The van der Waals surface area contributed by atoms with Crippen LogP contribution >= 0.6 is 0 Å². The number of likely N-dealkylation sites (tertiary alicyclic amines) is 1. The number of hydrogen-bond acceptors (Lipinski definition) is 4. The predicted molar refractivity (Wildman–Crippen MR) is 72.4 cm³/mol. The van der Waals surface area contributed by atoms with Crippen LogP contribution in [0.4, 0.5) is 4.79 Å². The molecule has 1 aliphatic heterocycles. The predicted octanol–water partition coefficient (Wildman–Crippen LogP) is 0.231. The molecule has 3 unspecified atom stereocenters. The largest absolute Gasteiger partial charge is 0.480 e. The van der Waals surface area contributed by atoms with E-state index in [-0.39, 0.29) is 25.1 Å². The van der Waals surface area contributed by atoms with Gasteiger partial charge in [-0.15, -0.1) is 0 Å². The highest BCUT2D eigenvalue weighted by Gasteiger charge is 2.38. The molecule has 0 saturated carbocycles.